The highest BCUT2D eigenvalue weighted by molar-refractivity contribution is 7.47. The van der Waals surface area contributed by atoms with Gasteiger partial charge in [-0.2, -0.15) is 0 Å². The van der Waals surface area contributed by atoms with Gasteiger partial charge in [-0.3, -0.25) is 13.8 Å². The largest absolute Gasteiger partial charge is 0.472 e. The second-order valence-electron chi connectivity index (χ2n) is 24.6. The average Bonchev–Trinajstić information content (AvgIpc) is 3.38. The number of amides is 1. The fraction of sp³-hybridized carbons (Fsp3) is 0.925. The molecular formula is C67H134N2O6P+. The van der Waals surface area contributed by atoms with Crippen molar-refractivity contribution in [3.63, 3.8) is 0 Å². The van der Waals surface area contributed by atoms with Crippen LogP contribution >= 0.6 is 7.82 Å². The molecule has 0 radical (unpaired) electrons. The third-order valence-electron chi connectivity index (χ3n) is 15.7. The maximum Gasteiger partial charge on any atom is 0.472 e. The Morgan fingerprint density at radius 1 is 0.434 bits per heavy atom. The first-order valence-corrected chi connectivity index (χ1v) is 35.2. The zero-order chi connectivity index (χ0) is 55.6. The van der Waals surface area contributed by atoms with Crippen LogP contribution in [0.4, 0.5) is 0 Å². The van der Waals surface area contributed by atoms with E-state index in [4.69, 9.17) is 9.05 Å². The number of carbonyl (C=O) groups excluding carboxylic acids is 1. The third-order valence-corrected chi connectivity index (χ3v) is 16.7. The van der Waals surface area contributed by atoms with Crippen molar-refractivity contribution in [2.45, 2.75) is 360 Å². The highest BCUT2D eigenvalue weighted by atomic mass is 31.2. The van der Waals surface area contributed by atoms with Crippen LogP contribution in [0.1, 0.15) is 348 Å². The van der Waals surface area contributed by atoms with Gasteiger partial charge >= 0.3 is 7.82 Å². The number of aliphatic hydroxyl groups excluding tert-OH is 1. The number of phosphoric acid groups is 1. The van der Waals surface area contributed by atoms with Crippen molar-refractivity contribution < 1.29 is 32.9 Å². The number of nitrogens with one attached hydrogen (secondary N) is 1. The van der Waals surface area contributed by atoms with E-state index in [-0.39, 0.29) is 19.1 Å². The van der Waals surface area contributed by atoms with E-state index >= 15 is 0 Å². The van der Waals surface area contributed by atoms with Gasteiger partial charge in [0.25, 0.3) is 0 Å². The predicted molar refractivity (Wildman–Crippen MR) is 332 cm³/mol. The van der Waals surface area contributed by atoms with E-state index in [1.54, 1.807) is 6.08 Å². The second kappa shape index (κ2) is 58.6. The summed E-state index contributed by atoms with van der Waals surface area (Å²) < 4.78 is 23.7. The number of carbonyl (C=O) groups is 1. The molecule has 0 heterocycles. The van der Waals surface area contributed by atoms with Crippen molar-refractivity contribution in [1.82, 2.24) is 5.32 Å². The van der Waals surface area contributed by atoms with Crippen LogP contribution in [0.15, 0.2) is 24.3 Å². The Labute approximate surface area is 474 Å². The van der Waals surface area contributed by atoms with Crippen LogP contribution in [0.25, 0.3) is 0 Å². The maximum absolute atomic E-state index is 13.0. The van der Waals surface area contributed by atoms with E-state index < -0.39 is 20.0 Å². The number of rotatable bonds is 63. The number of phosphoric ester groups is 1. The minimum Gasteiger partial charge on any atom is -0.387 e. The Balaban J connectivity index is 3.96. The number of allylic oxidation sites excluding steroid dienone is 3. The fourth-order valence-corrected chi connectivity index (χ4v) is 11.2. The standard InChI is InChI=1S/C67H133N2O6P/c1-6-8-10-12-14-16-18-20-22-24-26-27-28-29-30-31-32-33-34-35-36-37-38-39-40-41-42-43-45-47-49-51-53-55-57-59-61-67(71)68-65(64-75-76(72,73)74-63-62-69(3,4)5)66(70)60-58-56-54-52-50-48-46-44-25-23-21-19-17-15-13-11-9-7-2/h50,52,58,60,65-66,70H,6-49,51,53-57,59,61-64H2,1-5H3,(H-,68,71,72,73)/p+1/b52-50+,60-58+. The Morgan fingerprint density at radius 2 is 0.724 bits per heavy atom. The zero-order valence-electron chi connectivity index (χ0n) is 51.8. The molecule has 3 unspecified atom stereocenters. The van der Waals surface area contributed by atoms with Crippen molar-refractivity contribution in [3.05, 3.63) is 24.3 Å². The molecule has 0 spiro atoms. The lowest BCUT2D eigenvalue weighted by molar-refractivity contribution is -0.870. The first-order chi connectivity index (χ1) is 37.0. The van der Waals surface area contributed by atoms with Crippen LogP contribution < -0.4 is 5.32 Å². The first kappa shape index (κ1) is 75.0. The topological polar surface area (TPSA) is 105 Å². The third kappa shape index (κ3) is 60.6. The van der Waals surface area contributed by atoms with Gasteiger partial charge in [0.05, 0.1) is 39.9 Å². The summed E-state index contributed by atoms with van der Waals surface area (Å²) in [5, 5.41) is 13.9. The molecule has 0 bridgehead atoms. The molecule has 9 heteroatoms. The Kier molecular flexibility index (Phi) is 57.8. The van der Waals surface area contributed by atoms with E-state index in [0.29, 0.717) is 17.4 Å². The average molecular weight is 1090 g/mol. The molecule has 452 valence electrons. The van der Waals surface area contributed by atoms with Crippen molar-refractivity contribution in [3.8, 4) is 0 Å². The van der Waals surface area contributed by atoms with Crippen molar-refractivity contribution in [2.75, 3.05) is 40.9 Å². The van der Waals surface area contributed by atoms with Gasteiger partial charge in [0, 0.05) is 6.42 Å². The number of unbranched alkanes of at least 4 members (excludes halogenated alkanes) is 48. The Bertz CT molecular complexity index is 1290. The van der Waals surface area contributed by atoms with Crippen molar-refractivity contribution in [1.29, 1.82) is 0 Å². The summed E-state index contributed by atoms with van der Waals surface area (Å²) in [7, 11) is 1.57. The molecule has 1 amide bonds. The summed E-state index contributed by atoms with van der Waals surface area (Å²) in [5.74, 6) is -0.179. The summed E-state index contributed by atoms with van der Waals surface area (Å²) in [6, 6.07) is -0.861. The normalized spacial score (nSPS) is 13.8. The molecule has 0 aromatic heterocycles. The number of quaternary nitrogens is 1. The van der Waals surface area contributed by atoms with Gasteiger partial charge in [0.15, 0.2) is 0 Å². The smallest absolute Gasteiger partial charge is 0.387 e. The number of nitrogens with zero attached hydrogens (tertiary/aromatic N) is 1. The molecule has 0 saturated carbocycles. The van der Waals surface area contributed by atoms with E-state index in [9.17, 15) is 19.4 Å². The lowest BCUT2D eigenvalue weighted by atomic mass is 10.0. The quantitative estimate of drug-likeness (QED) is 0.0243. The highest BCUT2D eigenvalue weighted by Gasteiger charge is 2.28. The first-order valence-electron chi connectivity index (χ1n) is 33.7. The van der Waals surface area contributed by atoms with Crippen LogP contribution in [0.2, 0.25) is 0 Å². The number of hydrogen-bond donors (Lipinski definition) is 3. The summed E-state index contributed by atoms with van der Waals surface area (Å²) in [5.41, 5.74) is 0. The summed E-state index contributed by atoms with van der Waals surface area (Å²) in [6.07, 6.45) is 76.2. The monoisotopic (exact) mass is 1090 g/mol. The van der Waals surface area contributed by atoms with Gasteiger partial charge in [-0.05, 0) is 32.1 Å². The summed E-state index contributed by atoms with van der Waals surface area (Å²) in [4.78, 5) is 23.3. The lowest BCUT2D eigenvalue weighted by Gasteiger charge is -2.25. The Hall–Kier alpha value is -1.02. The molecule has 8 nitrogen and oxygen atoms in total. The molecule has 3 N–H and O–H groups in total. The highest BCUT2D eigenvalue weighted by Crippen LogP contribution is 2.43. The van der Waals surface area contributed by atoms with E-state index in [2.05, 4.69) is 31.3 Å². The SMILES string of the molecule is CCCCCCCCCCCCCC/C=C/CC/C=C/C(O)C(COP(=O)(O)OCC[N+](C)(C)C)NC(=O)CCCCCCCCCCCCCCCCCCCCCCCCCCCCCCCCCCCCCC. The summed E-state index contributed by atoms with van der Waals surface area (Å²) >= 11 is 0. The molecule has 0 aliphatic carbocycles. The van der Waals surface area contributed by atoms with Gasteiger partial charge < -0.3 is 19.8 Å². The fourth-order valence-electron chi connectivity index (χ4n) is 10.4. The molecule has 0 aromatic rings. The van der Waals surface area contributed by atoms with Gasteiger partial charge in [0.2, 0.25) is 5.91 Å². The number of aliphatic hydroxyl groups is 1. The molecule has 0 rings (SSSR count). The molecule has 0 aliphatic rings. The predicted octanol–water partition coefficient (Wildman–Crippen LogP) is 21.1. The van der Waals surface area contributed by atoms with Gasteiger partial charge in [-0.1, -0.05) is 334 Å². The zero-order valence-corrected chi connectivity index (χ0v) is 52.7. The lowest BCUT2D eigenvalue weighted by Crippen LogP contribution is -2.45. The van der Waals surface area contributed by atoms with Gasteiger partial charge in [-0.15, -0.1) is 0 Å². The minimum absolute atomic E-state index is 0.0589. The second-order valence-corrected chi connectivity index (χ2v) is 26.0. The molecule has 0 aliphatic heterocycles. The Morgan fingerprint density at radius 3 is 1.05 bits per heavy atom. The summed E-state index contributed by atoms with van der Waals surface area (Å²) in [6.45, 7) is 4.85. The van der Waals surface area contributed by atoms with Gasteiger partial charge in [0.1, 0.15) is 13.2 Å². The molecule has 3 atom stereocenters. The van der Waals surface area contributed by atoms with E-state index in [1.807, 2.05) is 27.2 Å². The van der Waals surface area contributed by atoms with Crippen molar-refractivity contribution >= 4 is 13.7 Å². The van der Waals surface area contributed by atoms with Crippen LogP contribution in [0.5, 0.6) is 0 Å². The molecule has 0 fully saturated rings. The van der Waals surface area contributed by atoms with Crippen LogP contribution in [-0.4, -0.2) is 73.4 Å². The maximum atomic E-state index is 13.0. The number of likely N-dealkylation sites (N-methyl/N-ethyl adjacent to an activating group) is 1. The molecular weight excluding hydrogens is 960 g/mol. The molecule has 76 heavy (non-hydrogen) atoms. The van der Waals surface area contributed by atoms with Gasteiger partial charge in [-0.25, -0.2) is 4.57 Å². The van der Waals surface area contributed by atoms with Crippen molar-refractivity contribution in [2.24, 2.45) is 0 Å². The van der Waals surface area contributed by atoms with Crippen LogP contribution in [-0.2, 0) is 18.4 Å². The van der Waals surface area contributed by atoms with Crippen LogP contribution in [0.3, 0.4) is 0 Å². The van der Waals surface area contributed by atoms with E-state index in [1.165, 1.54) is 289 Å². The van der Waals surface area contributed by atoms with Crippen LogP contribution in [0, 0.1) is 0 Å². The molecule has 0 saturated heterocycles. The number of hydrogen-bond acceptors (Lipinski definition) is 5. The minimum atomic E-state index is -4.35. The van der Waals surface area contributed by atoms with E-state index in [0.717, 1.165) is 38.5 Å². The molecule has 0 aromatic carbocycles.